The van der Waals surface area contributed by atoms with Gasteiger partial charge >= 0.3 is 0 Å². The second-order valence-electron chi connectivity index (χ2n) is 7.86. The van der Waals surface area contributed by atoms with Crippen molar-refractivity contribution in [3.05, 3.63) is 71.7 Å². The van der Waals surface area contributed by atoms with Crippen LogP contribution in [0.25, 0.3) is 22.2 Å². The largest absolute Gasteiger partial charge is 0.382 e. The molecule has 0 spiro atoms. The minimum Gasteiger partial charge on any atom is -0.382 e. The fourth-order valence-electron chi connectivity index (χ4n) is 3.87. The van der Waals surface area contributed by atoms with E-state index in [-0.39, 0.29) is 4.90 Å². The minimum atomic E-state index is -3.58. The molecule has 0 saturated heterocycles. The van der Waals surface area contributed by atoms with Gasteiger partial charge in [-0.3, -0.25) is 0 Å². The van der Waals surface area contributed by atoms with Crippen molar-refractivity contribution in [3.8, 4) is 11.1 Å². The number of imidazole rings is 1. The van der Waals surface area contributed by atoms with Gasteiger partial charge in [-0.1, -0.05) is 42.5 Å². The van der Waals surface area contributed by atoms with E-state index in [0.29, 0.717) is 30.8 Å². The molecule has 3 N–H and O–H groups in total. The Balaban J connectivity index is 1.43. The van der Waals surface area contributed by atoms with Crippen molar-refractivity contribution in [2.45, 2.75) is 38.6 Å². The molecule has 0 radical (unpaired) electrons. The molecule has 8 heteroatoms. The average Bonchev–Trinajstić information content (AvgIpc) is 3.13. The topological polar surface area (TPSA) is 103 Å². The number of pyridine rings is 1. The third-order valence-electron chi connectivity index (χ3n) is 5.71. The molecule has 4 aromatic rings. The van der Waals surface area contributed by atoms with Crippen molar-refractivity contribution in [1.82, 2.24) is 19.3 Å². The molecule has 0 bridgehead atoms. The summed E-state index contributed by atoms with van der Waals surface area (Å²) in [6.45, 7) is 6.80. The molecule has 0 aliphatic rings. The first-order valence-electron chi connectivity index (χ1n) is 10.5. The van der Waals surface area contributed by atoms with E-state index in [2.05, 4.69) is 19.3 Å². The molecule has 0 aliphatic heterocycles. The summed E-state index contributed by atoms with van der Waals surface area (Å²) in [6.07, 6.45) is 0.619. The van der Waals surface area contributed by atoms with Gasteiger partial charge in [-0.25, -0.2) is 23.1 Å². The Bertz CT molecular complexity index is 1360. The van der Waals surface area contributed by atoms with Gasteiger partial charge in [0, 0.05) is 18.8 Å². The quantitative estimate of drug-likeness (QED) is 0.416. The molecule has 0 saturated carbocycles. The van der Waals surface area contributed by atoms with Crippen LogP contribution in [0.2, 0.25) is 0 Å². The van der Waals surface area contributed by atoms with Crippen molar-refractivity contribution < 1.29 is 8.42 Å². The summed E-state index contributed by atoms with van der Waals surface area (Å²) >= 11 is 0. The summed E-state index contributed by atoms with van der Waals surface area (Å²) in [7, 11) is -3.58. The number of benzene rings is 2. The van der Waals surface area contributed by atoms with Crippen molar-refractivity contribution in [2.75, 3.05) is 12.3 Å². The van der Waals surface area contributed by atoms with E-state index in [9.17, 15) is 8.42 Å². The number of nitrogens with zero attached hydrogens (tertiary/aromatic N) is 3. The number of nitrogens with one attached hydrogen (secondary N) is 1. The van der Waals surface area contributed by atoms with Gasteiger partial charge in [0.2, 0.25) is 10.0 Å². The Morgan fingerprint density at radius 1 is 0.938 bits per heavy atom. The molecular weight excluding hydrogens is 422 g/mol. The van der Waals surface area contributed by atoms with Gasteiger partial charge in [-0.2, -0.15) is 0 Å². The van der Waals surface area contributed by atoms with E-state index in [4.69, 9.17) is 5.73 Å². The lowest BCUT2D eigenvalue weighted by Gasteiger charge is -2.11. The van der Waals surface area contributed by atoms with Crippen LogP contribution in [0.4, 0.5) is 5.82 Å². The number of hydrogen-bond acceptors (Lipinski definition) is 5. The van der Waals surface area contributed by atoms with Gasteiger partial charge < -0.3 is 10.3 Å². The Labute approximate surface area is 188 Å². The highest BCUT2D eigenvalue weighted by atomic mass is 32.2. The van der Waals surface area contributed by atoms with Crippen molar-refractivity contribution in [2.24, 2.45) is 0 Å². The van der Waals surface area contributed by atoms with Crippen LogP contribution in [-0.4, -0.2) is 29.5 Å². The number of fused-ring (bicyclic) bond motifs is 1. The molecular formula is C24H27N5O2S. The molecule has 0 amide bonds. The first kappa shape index (κ1) is 22.0. The monoisotopic (exact) mass is 449 g/mol. The van der Waals surface area contributed by atoms with Crippen LogP contribution in [0.3, 0.4) is 0 Å². The normalized spacial score (nSPS) is 11.8. The number of aryl methyl sites for hydroxylation is 4. The molecule has 0 aliphatic carbocycles. The van der Waals surface area contributed by atoms with Gasteiger partial charge in [-0.15, -0.1) is 0 Å². The number of nitrogens with two attached hydrogens (primary N) is 1. The maximum absolute atomic E-state index is 12.7. The van der Waals surface area contributed by atoms with E-state index >= 15 is 0 Å². The summed E-state index contributed by atoms with van der Waals surface area (Å²) < 4.78 is 30.2. The number of aromatic nitrogens is 3. The summed E-state index contributed by atoms with van der Waals surface area (Å²) in [4.78, 5) is 9.17. The molecule has 4 rings (SSSR count). The smallest absolute Gasteiger partial charge is 0.240 e. The standard InChI is InChI=1S/C24H27N5O2S/c1-16-17(2)27-24(25)22-23(16)29(18(3)28-22)15-7-14-26-32(30,31)21-12-10-20(11-13-21)19-8-5-4-6-9-19/h4-6,8-13,26H,7,14-15H2,1-3H3,(H2,25,27). The van der Waals surface area contributed by atoms with E-state index in [0.717, 1.165) is 33.7 Å². The van der Waals surface area contributed by atoms with Gasteiger partial charge in [0.05, 0.1) is 10.4 Å². The Morgan fingerprint density at radius 3 is 2.28 bits per heavy atom. The molecule has 7 nitrogen and oxygen atoms in total. The maximum atomic E-state index is 12.7. The lowest BCUT2D eigenvalue weighted by Crippen LogP contribution is -2.25. The predicted molar refractivity (Wildman–Crippen MR) is 128 cm³/mol. The maximum Gasteiger partial charge on any atom is 0.240 e. The molecule has 0 unspecified atom stereocenters. The Hall–Kier alpha value is -3.23. The highest BCUT2D eigenvalue weighted by molar-refractivity contribution is 7.89. The summed E-state index contributed by atoms with van der Waals surface area (Å²) in [5.41, 5.74) is 11.7. The fourth-order valence-corrected chi connectivity index (χ4v) is 4.94. The van der Waals surface area contributed by atoms with E-state index < -0.39 is 10.0 Å². The molecule has 0 fully saturated rings. The van der Waals surface area contributed by atoms with Crippen molar-refractivity contribution in [1.29, 1.82) is 0 Å². The lowest BCUT2D eigenvalue weighted by molar-refractivity contribution is 0.570. The molecule has 166 valence electrons. The van der Waals surface area contributed by atoms with Gasteiger partial charge in [-0.05, 0) is 56.0 Å². The van der Waals surface area contributed by atoms with Gasteiger partial charge in [0.25, 0.3) is 0 Å². The average molecular weight is 450 g/mol. The van der Waals surface area contributed by atoms with E-state index in [1.165, 1.54) is 0 Å². The zero-order chi connectivity index (χ0) is 22.9. The van der Waals surface area contributed by atoms with Crippen LogP contribution in [0.15, 0.2) is 59.5 Å². The number of rotatable bonds is 7. The van der Waals surface area contributed by atoms with Crippen LogP contribution in [-0.2, 0) is 16.6 Å². The second kappa shape index (κ2) is 8.72. The summed E-state index contributed by atoms with van der Waals surface area (Å²) in [5, 5.41) is 0. The Morgan fingerprint density at radius 2 is 1.59 bits per heavy atom. The van der Waals surface area contributed by atoms with E-state index in [1.807, 2.05) is 63.2 Å². The zero-order valence-corrected chi connectivity index (χ0v) is 19.3. The highest BCUT2D eigenvalue weighted by Crippen LogP contribution is 2.26. The highest BCUT2D eigenvalue weighted by Gasteiger charge is 2.16. The summed E-state index contributed by atoms with van der Waals surface area (Å²) in [5.74, 6) is 1.26. The van der Waals surface area contributed by atoms with Crippen LogP contribution < -0.4 is 10.5 Å². The van der Waals surface area contributed by atoms with Crippen LogP contribution >= 0.6 is 0 Å². The molecule has 2 aromatic heterocycles. The zero-order valence-electron chi connectivity index (χ0n) is 18.5. The van der Waals surface area contributed by atoms with Crippen LogP contribution in [0.1, 0.15) is 23.5 Å². The second-order valence-corrected chi connectivity index (χ2v) is 9.62. The van der Waals surface area contributed by atoms with Crippen LogP contribution in [0, 0.1) is 20.8 Å². The lowest BCUT2D eigenvalue weighted by atomic mass is 10.1. The third kappa shape index (κ3) is 4.24. The van der Waals surface area contributed by atoms with E-state index in [1.54, 1.807) is 12.1 Å². The molecule has 2 heterocycles. The minimum absolute atomic E-state index is 0.256. The van der Waals surface area contributed by atoms with Crippen molar-refractivity contribution >= 4 is 26.9 Å². The summed E-state index contributed by atoms with van der Waals surface area (Å²) in [6, 6.07) is 16.8. The number of anilines is 1. The number of hydrogen-bond donors (Lipinski definition) is 2. The SMILES string of the molecule is Cc1nc(N)c2nc(C)n(CCCNS(=O)(=O)c3ccc(-c4ccccc4)cc3)c2c1C. The first-order chi connectivity index (χ1) is 15.3. The Kier molecular flexibility index (Phi) is 5.99. The molecule has 0 atom stereocenters. The fraction of sp³-hybridized carbons (Fsp3) is 0.250. The number of sulfonamides is 1. The number of nitrogen functional groups attached to an aromatic ring is 1. The van der Waals surface area contributed by atoms with Crippen LogP contribution in [0.5, 0.6) is 0 Å². The molecule has 2 aromatic carbocycles. The predicted octanol–water partition coefficient (Wildman–Crippen LogP) is 3.97. The molecule has 32 heavy (non-hydrogen) atoms. The first-order valence-corrected chi connectivity index (χ1v) is 12.0. The van der Waals surface area contributed by atoms with Gasteiger partial charge in [0.1, 0.15) is 11.3 Å². The van der Waals surface area contributed by atoms with Gasteiger partial charge in [0.15, 0.2) is 5.82 Å². The third-order valence-corrected chi connectivity index (χ3v) is 7.19. The van der Waals surface area contributed by atoms with Crippen molar-refractivity contribution in [3.63, 3.8) is 0 Å².